The number of carbonyl (C=O) groups excluding carboxylic acids is 1. The van der Waals surface area contributed by atoms with Crippen LogP contribution in [0.25, 0.3) is 4.48 Å². The van der Waals surface area contributed by atoms with E-state index in [4.69, 9.17) is 16.3 Å². The fourth-order valence-corrected chi connectivity index (χ4v) is 1.65. The Bertz CT molecular complexity index is 435. The van der Waals surface area contributed by atoms with Crippen molar-refractivity contribution in [2.45, 2.75) is 6.92 Å². The Morgan fingerprint density at radius 1 is 1.41 bits per heavy atom. The Hall–Kier alpha value is -1.06. The van der Waals surface area contributed by atoms with Crippen LogP contribution in [0.5, 0.6) is 0 Å². The van der Waals surface area contributed by atoms with Gasteiger partial charge in [-0.1, -0.05) is 45.7 Å². The lowest BCUT2D eigenvalue weighted by molar-refractivity contribution is -0.137. The fraction of sp³-hybridized carbons (Fsp3) is 0.154. The highest BCUT2D eigenvalue weighted by Gasteiger charge is 1.96. The molecule has 1 rings (SSSR count). The Kier molecular flexibility index (Phi) is 6.01. The van der Waals surface area contributed by atoms with Crippen LogP contribution in [0.3, 0.4) is 0 Å². The summed E-state index contributed by atoms with van der Waals surface area (Å²) in [6, 6.07) is 7.39. The summed E-state index contributed by atoms with van der Waals surface area (Å²) in [5, 5.41) is 0.691. The standard InChI is InChI=1S/C13H12BrClO2/c1-2-17-13(16)5-3-4-12(14)10-6-8-11(15)9-7-10/h3-9H,2H2,1H3. The van der Waals surface area contributed by atoms with E-state index in [0.29, 0.717) is 11.6 Å². The summed E-state index contributed by atoms with van der Waals surface area (Å²) < 4.78 is 5.63. The van der Waals surface area contributed by atoms with Crippen molar-refractivity contribution in [3.8, 4) is 0 Å². The van der Waals surface area contributed by atoms with Gasteiger partial charge in [0.05, 0.1) is 6.61 Å². The van der Waals surface area contributed by atoms with E-state index in [1.165, 1.54) is 6.08 Å². The van der Waals surface area contributed by atoms with E-state index in [9.17, 15) is 4.79 Å². The predicted molar refractivity (Wildman–Crippen MR) is 74.1 cm³/mol. The molecule has 0 saturated heterocycles. The second-order valence-corrected chi connectivity index (χ2v) is 4.42. The molecule has 0 N–H and O–H groups in total. The van der Waals surface area contributed by atoms with Crippen LogP contribution in [-0.2, 0) is 9.53 Å². The summed E-state index contributed by atoms with van der Waals surface area (Å²) in [5.41, 5.74) is 0.989. The van der Waals surface area contributed by atoms with Crippen LogP contribution in [0.2, 0.25) is 5.02 Å². The normalized spacial score (nSPS) is 11.8. The van der Waals surface area contributed by atoms with Crippen LogP contribution in [-0.4, -0.2) is 12.6 Å². The molecule has 0 aromatic heterocycles. The zero-order valence-electron chi connectivity index (χ0n) is 9.32. The van der Waals surface area contributed by atoms with Gasteiger partial charge in [0.25, 0.3) is 0 Å². The third-order valence-corrected chi connectivity index (χ3v) is 2.86. The fourth-order valence-electron chi connectivity index (χ4n) is 1.11. The van der Waals surface area contributed by atoms with E-state index >= 15 is 0 Å². The van der Waals surface area contributed by atoms with Crippen LogP contribution >= 0.6 is 27.5 Å². The average molecular weight is 316 g/mol. The maximum Gasteiger partial charge on any atom is 0.330 e. The van der Waals surface area contributed by atoms with Gasteiger partial charge in [-0.2, -0.15) is 0 Å². The second-order valence-electron chi connectivity index (χ2n) is 3.13. The molecule has 0 radical (unpaired) electrons. The molecule has 0 atom stereocenters. The van der Waals surface area contributed by atoms with Gasteiger partial charge in [-0.15, -0.1) is 0 Å². The van der Waals surface area contributed by atoms with Gasteiger partial charge in [0.1, 0.15) is 0 Å². The van der Waals surface area contributed by atoms with Crippen molar-refractivity contribution in [2.24, 2.45) is 0 Å². The number of carbonyl (C=O) groups is 1. The Balaban J connectivity index is 2.66. The predicted octanol–water partition coefficient (Wildman–Crippen LogP) is 4.20. The van der Waals surface area contributed by atoms with Gasteiger partial charge in [0, 0.05) is 15.6 Å². The molecule has 0 saturated carbocycles. The van der Waals surface area contributed by atoms with Crippen molar-refractivity contribution in [1.82, 2.24) is 0 Å². The highest BCUT2D eigenvalue weighted by atomic mass is 79.9. The van der Waals surface area contributed by atoms with Gasteiger partial charge in [-0.3, -0.25) is 0 Å². The molecule has 2 nitrogen and oxygen atoms in total. The maximum absolute atomic E-state index is 11.0. The number of allylic oxidation sites excluding steroid dienone is 2. The largest absolute Gasteiger partial charge is 0.463 e. The molecule has 17 heavy (non-hydrogen) atoms. The maximum atomic E-state index is 11.0. The lowest BCUT2D eigenvalue weighted by Gasteiger charge is -1.98. The van der Waals surface area contributed by atoms with Crippen molar-refractivity contribution < 1.29 is 9.53 Å². The van der Waals surface area contributed by atoms with Crippen LogP contribution < -0.4 is 0 Å². The molecule has 4 heteroatoms. The molecule has 0 heterocycles. The van der Waals surface area contributed by atoms with Crippen molar-refractivity contribution in [1.29, 1.82) is 0 Å². The first-order valence-corrected chi connectivity index (χ1v) is 6.27. The van der Waals surface area contributed by atoms with Gasteiger partial charge in [-0.05, 0) is 30.7 Å². The van der Waals surface area contributed by atoms with E-state index in [0.717, 1.165) is 10.0 Å². The molecule has 0 amide bonds. The average Bonchev–Trinajstić information content (AvgIpc) is 2.30. The summed E-state index contributed by atoms with van der Waals surface area (Å²) in [6.07, 6.45) is 4.79. The Morgan fingerprint density at radius 2 is 2.06 bits per heavy atom. The number of hydrogen-bond acceptors (Lipinski definition) is 2. The van der Waals surface area contributed by atoms with Crippen molar-refractivity contribution in [3.63, 3.8) is 0 Å². The Morgan fingerprint density at radius 3 is 2.65 bits per heavy atom. The molecule has 0 aliphatic carbocycles. The highest BCUT2D eigenvalue weighted by Crippen LogP contribution is 2.22. The van der Waals surface area contributed by atoms with Gasteiger partial charge in [-0.25, -0.2) is 4.79 Å². The minimum atomic E-state index is -0.347. The zero-order chi connectivity index (χ0) is 12.7. The minimum absolute atomic E-state index is 0.347. The molecule has 0 aliphatic heterocycles. The van der Waals surface area contributed by atoms with E-state index in [-0.39, 0.29) is 5.97 Å². The highest BCUT2D eigenvalue weighted by molar-refractivity contribution is 9.15. The quantitative estimate of drug-likeness (QED) is 0.473. The van der Waals surface area contributed by atoms with Gasteiger partial charge >= 0.3 is 5.97 Å². The molecular formula is C13H12BrClO2. The summed E-state index contributed by atoms with van der Waals surface area (Å²) in [6.45, 7) is 2.15. The number of benzene rings is 1. The molecule has 1 aromatic rings. The molecule has 0 unspecified atom stereocenters. The van der Waals surface area contributed by atoms with E-state index in [1.807, 2.05) is 12.1 Å². The molecule has 0 spiro atoms. The van der Waals surface area contributed by atoms with E-state index < -0.39 is 0 Å². The number of hydrogen-bond donors (Lipinski definition) is 0. The van der Waals surface area contributed by atoms with E-state index in [1.54, 1.807) is 31.2 Å². The minimum Gasteiger partial charge on any atom is -0.463 e. The van der Waals surface area contributed by atoms with Gasteiger partial charge in [0.2, 0.25) is 0 Å². The molecular weight excluding hydrogens is 303 g/mol. The van der Waals surface area contributed by atoms with Crippen LogP contribution in [0.15, 0.2) is 42.5 Å². The van der Waals surface area contributed by atoms with Crippen molar-refractivity contribution in [3.05, 3.63) is 53.1 Å². The smallest absolute Gasteiger partial charge is 0.330 e. The third-order valence-electron chi connectivity index (χ3n) is 1.88. The van der Waals surface area contributed by atoms with Gasteiger partial charge in [0.15, 0.2) is 0 Å². The zero-order valence-corrected chi connectivity index (χ0v) is 11.7. The number of ether oxygens (including phenoxy) is 1. The first-order valence-electron chi connectivity index (χ1n) is 5.10. The molecule has 90 valence electrons. The van der Waals surface area contributed by atoms with Crippen molar-refractivity contribution in [2.75, 3.05) is 6.61 Å². The number of rotatable bonds is 4. The van der Waals surface area contributed by atoms with Crippen LogP contribution in [0, 0.1) is 0 Å². The first-order chi connectivity index (χ1) is 8.13. The summed E-state index contributed by atoms with van der Waals surface area (Å²) in [7, 11) is 0. The Labute approximate surface area is 114 Å². The van der Waals surface area contributed by atoms with Crippen LogP contribution in [0.4, 0.5) is 0 Å². The molecule has 0 aliphatic rings. The first kappa shape index (κ1) is 14.0. The number of halogens is 2. The monoisotopic (exact) mass is 314 g/mol. The summed E-state index contributed by atoms with van der Waals surface area (Å²) in [4.78, 5) is 11.0. The lowest BCUT2D eigenvalue weighted by atomic mass is 10.2. The lowest BCUT2D eigenvalue weighted by Crippen LogP contribution is -1.98. The van der Waals surface area contributed by atoms with E-state index in [2.05, 4.69) is 15.9 Å². The molecule has 0 bridgehead atoms. The topological polar surface area (TPSA) is 26.3 Å². The molecule has 1 aromatic carbocycles. The van der Waals surface area contributed by atoms with Crippen LogP contribution in [0.1, 0.15) is 12.5 Å². The third kappa shape index (κ3) is 5.20. The SMILES string of the molecule is CCOC(=O)C=CC=C(Br)c1ccc(Cl)cc1. The van der Waals surface area contributed by atoms with Gasteiger partial charge < -0.3 is 4.74 Å². The number of esters is 1. The van der Waals surface area contributed by atoms with Crippen molar-refractivity contribution >= 4 is 38.0 Å². The summed E-state index contributed by atoms with van der Waals surface area (Å²) >= 11 is 9.20. The summed E-state index contributed by atoms with van der Waals surface area (Å²) in [5.74, 6) is -0.347. The second kappa shape index (κ2) is 7.30. The molecule has 0 fully saturated rings.